The molecule has 0 aromatic carbocycles. The molecule has 0 aliphatic carbocycles. The fraction of sp³-hybridized carbons (Fsp3) is 1.00. The smallest absolute Gasteiger partial charge is 0.108 e. The zero-order valence-corrected chi connectivity index (χ0v) is 10.9. The number of ether oxygens (including phenoxy) is 4. The molecule has 1 heterocycles. The van der Waals surface area contributed by atoms with Crippen molar-refractivity contribution >= 4 is 0 Å². The Hall–Kier alpha value is -0.160. The van der Waals surface area contributed by atoms with E-state index in [4.69, 9.17) is 18.9 Å². The molecule has 0 radical (unpaired) electrons. The standard InChI is InChI=1S/C12H24O4/c1-6-9-11(14-4)8(2)12(15-5)10(16-9)7-13-3/h8-12H,6-7H2,1-5H3/t8-,9-,10?,11?,12-/m1/s1. The SMILES string of the molecule is CC[C@H]1OC(COC)[C@H](OC)[C@H](C)C1OC. The molecular weight excluding hydrogens is 208 g/mol. The molecule has 1 saturated heterocycles. The summed E-state index contributed by atoms with van der Waals surface area (Å²) in [7, 11) is 5.13. The first-order valence-electron chi connectivity index (χ1n) is 5.89. The van der Waals surface area contributed by atoms with E-state index in [-0.39, 0.29) is 24.4 Å². The molecule has 1 aliphatic rings. The van der Waals surface area contributed by atoms with Gasteiger partial charge in [-0.1, -0.05) is 13.8 Å². The van der Waals surface area contributed by atoms with Gasteiger partial charge in [-0.15, -0.1) is 0 Å². The van der Waals surface area contributed by atoms with Crippen LogP contribution in [0.2, 0.25) is 0 Å². The maximum atomic E-state index is 5.98. The van der Waals surface area contributed by atoms with Gasteiger partial charge in [0.05, 0.1) is 24.9 Å². The third-order valence-electron chi connectivity index (χ3n) is 3.40. The van der Waals surface area contributed by atoms with Crippen LogP contribution in [-0.4, -0.2) is 52.4 Å². The Bertz CT molecular complexity index is 195. The molecule has 5 atom stereocenters. The van der Waals surface area contributed by atoms with Crippen LogP contribution in [-0.2, 0) is 18.9 Å². The molecule has 96 valence electrons. The first-order valence-corrected chi connectivity index (χ1v) is 5.89. The molecule has 1 fully saturated rings. The number of hydrogen-bond donors (Lipinski definition) is 0. The van der Waals surface area contributed by atoms with E-state index >= 15 is 0 Å². The van der Waals surface area contributed by atoms with Crippen LogP contribution in [0, 0.1) is 5.92 Å². The Kier molecular flexibility index (Phi) is 5.69. The van der Waals surface area contributed by atoms with Crippen molar-refractivity contribution in [1.82, 2.24) is 0 Å². The summed E-state index contributed by atoms with van der Waals surface area (Å²) in [5.41, 5.74) is 0. The summed E-state index contributed by atoms with van der Waals surface area (Å²) in [6.07, 6.45) is 1.21. The van der Waals surface area contributed by atoms with Crippen LogP contribution in [0.5, 0.6) is 0 Å². The van der Waals surface area contributed by atoms with Crippen LogP contribution in [0.4, 0.5) is 0 Å². The maximum Gasteiger partial charge on any atom is 0.108 e. The molecule has 0 aromatic heterocycles. The normalized spacial score (nSPS) is 39.9. The van der Waals surface area contributed by atoms with Crippen molar-refractivity contribution in [3.05, 3.63) is 0 Å². The van der Waals surface area contributed by atoms with E-state index in [1.807, 2.05) is 0 Å². The molecule has 4 heteroatoms. The lowest BCUT2D eigenvalue weighted by atomic mass is 9.86. The summed E-state index contributed by atoms with van der Waals surface area (Å²) in [5.74, 6) is 0.314. The number of hydrogen-bond acceptors (Lipinski definition) is 4. The summed E-state index contributed by atoms with van der Waals surface area (Å²) >= 11 is 0. The monoisotopic (exact) mass is 232 g/mol. The van der Waals surface area contributed by atoms with Gasteiger partial charge in [0.15, 0.2) is 0 Å². The summed E-state index contributed by atoms with van der Waals surface area (Å²) in [6, 6.07) is 0. The van der Waals surface area contributed by atoms with E-state index in [1.54, 1.807) is 21.3 Å². The van der Waals surface area contributed by atoms with Crippen molar-refractivity contribution in [2.75, 3.05) is 27.9 Å². The van der Waals surface area contributed by atoms with Crippen molar-refractivity contribution in [3.8, 4) is 0 Å². The zero-order chi connectivity index (χ0) is 12.1. The molecule has 0 bridgehead atoms. The second-order valence-corrected chi connectivity index (χ2v) is 4.34. The second-order valence-electron chi connectivity index (χ2n) is 4.34. The average molecular weight is 232 g/mol. The first kappa shape index (κ1) is 13.9. The highest BCUT2D eigenvalue weighted by atomic mass is 16.6. The van der Waals surface area contributed by atoms with E-state index in [0.29, 0.717) is 12.5 Å². The van der Waals surface area contributed by atoms with Gasteiger partial charge in [-0.2, -0.15) is 0 Å². The lowest BCUT2D eigenvalue weighted by Gasteiger charge is -2.44. The molecule has 4 nitrogen and oxygen atoms in total. The highest BCUT2D eigenvalue weighted by Crippen LogP contribution is 2.31. The first-order chi connectivity index (χ1) is 7.69. The van der Waals surface area contributed by atoms with Gasteiger partial charge < -0.3 is 18.9 Å². The van der Waals surface area contributed by atoms with Crippen LogP contribution in [0.15, 0.2) is 0 Å². The highest BCUT2D eigenvalue weighted by molar-refractivity contribution is 4.91. The van der Waals surface area contributed by atoms with Crippen LogP contribution in [0.25, 0.3) is 0 Å². The molecule has 2 unspecified atom stereocenters. The van der Waals surface area contributed by atoms with Crippen LogP contribution >= 0.6 is 0 Å². The molecule has 0 saturated carbocycles. The van der Waals surface area contributed by atoms with Crippen molar-refractivity contribution in [2.24, 2.45) is 5.92 Å². The Morgan fingerprint density at radius 3 is 2.00 bits per heavy atom. The lowest BCUT2D eigenvalue weighted by Crippen LogP contribution is -2.55. The van der Waals surface area contributed by atoms with Crippen molar-refractivity contribution in [2.45, 2.75) is 44.7 Å². The molecule has 1 rings (SSSR count). The van der Waals surface area contributed by atoms with Gasteiger partial charge in [0.1, 0.15) is 6.10 Å². The molecule has 0 aromatic rings. The van der Waals surface area contributed by atoms with Gasteiger partial charge in [0, 0.05) is 27.2 Å². The van der Waals surface area contributed by atoms with E-state index in [0.717, 1.165) is 6.42 Å². The quantitative estimate of drug-likeness (QED) is 0.719. The predicted octanol–water partition coefficient (Wildman–Crippen LogP) is 1.48. The van der Waals surface area contributed by atoms with Gasteiger partial charge >= 0.3 is 0 Å². The minimum Gasteiger partial charge on any atom is -0.382 e. The molecule has 1 aliphatic heterocycles. The largest absolute Gasteiger partial charge is 0.382 e. The Balaban J connectivity index is 2.75. The van der Waals surface area contributed by atoms with Gasteiger partial charge in [-0.3, -0.25) is 0 Å². The number of rotatable bonds is 5. The lowest BCUT2D eigenvalue weighted by molar-refractivity contribution is -0.221. The third-order valence-corrected chi connectivity index (χ3v) is 3.40. The van der Waals surface area contributed by atoms with Crippen molar-refractivity contribution in [1.29, 1.82) is 0 Å². The molecular formula is C12H24O4. The summed E-state index contributed by atoms with van der Waals surface area (Å²) in [6.45, 7) is 4.83. The van der Waals surface area contributed by atoms with Crippen LogP contribution in [0.1, 0.15) is 20.3 Å². The summed E-state index contributed by atoms with van der Waals surface area (Å²) < 4.78 is 22.2. The van der Waals surface area contributed by atoms with Crippen molar-refractivity contribution in [3.63, 3.8) is 0 Å². The Morgan fingerprint density at radius 1 is 1.00 bits per heavy atom. The average Bonchev–Trinajstić information content (AvgIpc) is 2.29. The van der Waals surface area contributed by atoms with E-state index in [2.05, 4.69) is 13.8 Å². The number of methoxy groups -OCH3 is 3. The highest BCUT2D eigenvalue weighted by Gasteiger charge is 2.43. The van der Waals surface area contributed by atoms with E-state index in [9.17, 15) is 0 Å². The molecule has 0 N–H and O–H groups in total. The van der Waals surface area contributed by atoms with Gasteiger partial charge in [-0.05, 0) is 6.42 Å². The van der Waals surface area contributed by atoms with Crippen LogP contribution < -0.4 is 0 Å². The van der Waals surface area contributed by atoms with Crippen LogP contribution in [0.3, 0.4) is 0 Å². The third kappa shape index (κ3) is 2.74. The van der Waals surface area contributed by atoms with Gasteiger partial charge in [0.2, 0.25) is 0 Å². The zero-order valence-electron chi connectivity index (χ0n) is 10.9. The topological polar surface area (TPSA) is 36.9 Å². The molecule has 16 heavy (non-hydrogen) atoms. The Morgan fingerprint density at radius 2 is 1.56 bits per heavy atom. The van der Waals surface area contributed by atoms with E-state index in [1.165, 1.54) is 0 Å². The van der Waals surface area contributed by atoms with Gasteiger partial charge in [0.25, 0.3) is 0 Å². The summed E-state index contributed by atoms with van der Waals surface area (Å²) in [4.78, 5) is 0. The maximum absolute atomic E-state index is 5.98. The minimum atomic E-state index is 0.00125. The molecule has 0 spiro atoms. The fourth-order valence-electron chi connectivity index (χ4n) is 2.60. The summed E-state index contributed by atoms with van der Waals surface area (Å²) in [5, 5.41) is 0. The predicted molar refractivity (Wildman–Crippen MR) is 61.6 cm³/mol. The van der Waals surface area contributed by atoms with E-state index < -0.39 is 0 Å². The van der Waals surface area contributed by atoms with Gasteiger partial charge in [-0.25, -0.2) is 0 Å². The molecule has 0 amide bonds. The second kappa shape index (κ2) is 6.55. The Labute approximate surface area is 98.2 Å². The minimum absolute atomic E-state index is 0.00125. The van der Waals surface area contributed by atoms with Crippen molar-refractivity contribution < 1.29 is 18.9 Å². The fourth-order valence-corrected chi connectivity index (χ4v) is 2.60.